The second-order valence-corrected chi connectivity index (χ2v) is 5.42. The summed E-state index contributed by atoms with van der Waals surface area (Å²) in [7, 11) is 1.54. The van der Waals surface area contributed by atoms with Crippen molar-refractivity contribution in [3.05, 3.63) is 23.8 Å². The second kappa shape index (κ2) is 5.09. The molecule has 0 saturated carbocycles. The monoisotopic (exact) mass is 264 g/mol. The SMILES string of the molecule is COc1ccc(O)c(C(=O)N2CCNC(C)(C)C2)c1. The van der Waals surface area contributed by atoms with Crippen LogP contribution in [0.4, 0.5) is 0 Å². The lowest BCUT2D eigenvalue weighted by atomic mass is 10.0. The first-order chi connectivity index (χ1) is 8.93. The van der Waals surface area contributed by atoms with Gasteiger partial charge in [-0.1, -0.05) is 0 Å². The number of rotatable bonds is 2. The lowest BCUT2D eigenvalue weighted by Crippen LogP contribution is -2.58. The Morgan fingerprint density at radius 1 is 1.47 bits per heavy atom. The predicted octanol–water partition coefficient (Wildman–Crippen LogP) is 1.22. The molecule has 0 radical (unpaired) electrons. The molecule has 104 valence electrons. The highest BCUT2D eigenvalue weighted by Gasteiger charge is 2.30. The van der Waals surface area contributed by atoms with Crippen LogP contribution in [0.2, 0.25) is 0 Å². The van der Waals surface area contributed by atoms with Gasteiger partial charge in [0.05, 0.1) is 12.7 Å². The van der Waals surface area contributed by atoms with Crippen molar-refractivity contribution in [3.8, 4) is 11.5 Å². The zero-order valence-electron chi connectivity index (χ0n) is 11.6. The van der Waals surface area contributed by atoms with Gasteiger partial charge in [-0.3, -0.25) is 4.79 Å². The number of methoxy groups -OCH3 is 1. The maximum absolute atomic E-state index is 12.5. The molecule has 1 amide bonds. The topological polar surface area (TPSA) is 61.8 Å². The van der Waals surface area contributed by atoms with Gasteiger partial charge in [-0.05, 0) is 32.0 Å². The smallest absolute Gasteiger partial charge is 0.257 e. The molecule has 5 heteroatoms. The largest absolute Gasteiger partial charge is 0.507 e. The summed E-state index contributed by atoms with van der Waals surface area (Å²) in [6.45, 7) is 6.11. The van der Waals surface area contributed by atoms with Crippen LogP contribution in [0.3, 0.4) is 0 Å². The minimum absolute atomic E-state index is 0.0119. The predicted molar refractivity (Wildman–Crippen MR) is 72.6 cm³/mol. The minimum Gasteiger partial charge on any atom is -0.507 e. The van der Waals surface area contributed by atoms with Gasteiger partial charge in [0.2, 0.25) is 0 Å². The molecule has 0 aromatic heterocycles. The Morgan fingerprint density at radius 2 is 2.21 bits per heavy atom. The van der Waals surface area contributed by atoms with E-state index in [4.69, 9.17) is 4.74 Å². The van der Waals surface area contributed by atoms with Gasteiger partial charge < -0.3 is 20.1 Å². The van der Waals surface area contributed by atoms with Crippen LogP contribution >= 0.6 is 0 Å². The van der Waals surface area contributed by atoms with Gasteiger partial charge in [-0.2, -0.15) is 0 Å². The van der Waals surface area contributed by atoms with Crippen molar-refractivity contribution in [2.24, 2.45) is 0 Å². The Bertz CT molecular complexity index is 486. The fourth-order valence-corrected chi connectivity index (χ4v) is 2.30. The summed E-state index contributed by atoms with van der Waals surface area (Å²) in [5.74, 6) is 0.392. The summed E-state index contributed by atoms with van der Waals surface area (Å²) >= 11 is 0. The number of aromatic hydroxyl groups is 1. The summed E-state index contributed by atoms with van der Waals surface area (Å²) in [5, 5.41) is 13.2. The fourth-order valence-electron chi connectivity index (χ4n) is 2.30. The highest BCUT2D eigenvalue weighted by atomic mass is 16.5. The highest BCUT2D eigenvalue weighted by Crippen LogP contribution is 2.25. The molecule has 1 aliphatic rings. The molecule has 0 unspecified atom stereocenters. The van der Waals surface area contributed by atoms with Crippen molar-refractivity contribution in [1.29, 1.82) is 0 Å². The van der Waals surface area contributed by atoms with E-state index in [-0.39, 0.29) is 22.8 Å². The van der Waals surface area contributed by atoms with E-state index in [2.05, 4.69) is 19.2 Å². The molecule has 0 aliphatic carbocycles. The van der Waals surface area contributed by atoms with Crippen LogP contribution in [0, 0.1) is 0 Å². The van der Waals surface area contributed by atoms with E-state index in [0.717, 1.165) is 6.54 Å². The standard InChI is InChI=1S/C14H20N2O3/c1-14(2)9-16(7-6-15-14)13(18)11-8-10(19-3)4-5-12(11)17/h4-5,8,15,17H,6-7,9H2,1-3H3. The summed E-state index contributed by atoms with van der Waals surface area (Å²) < 4.78 is 5.09. The fraction of sp³-hybridized carbons (Fsp3) is 0.500. The van der Waals surface area contributed by atoms with Crippen LogP contribution in [0.5, 0.6) is 11.5 Å². The number of hydrogen-bond acceptors (Lipinski definition) is 4. The number of piperazine rings is 1. The van der Waals surface area contributed by atoms with Crippen molar-refractivity contribution >= 4 is 5.91 Å². The normalized spacial score (nSPS) is 18.2. The van der Waals surface area contributed by atoms with E-state index in [1.165, 1.54) is 13.2 Å². The van der Waals surface area contributed by atoms with Gasteiger partial charge in [-0.15, -0.1) is 0 Å². The lowest BCUT2D eigenvalue weighted by molar-refractivity contribution is 0.0648. The second-order valence-electron chi connectivity index (χ2n) is 5.42. The Hall–Kier alpha value is -1.75. The number of nitrogens with one attached hydrogen (secondary N) is 1. The van der Waals surface area contributed by atoms with Crippen LogP contribution in [-0.4, -0.2) is 48.2 Å². The molecule has 1 aromatic rings. The molecular weight excluding hydrogens is 244 g/mol. The maximum atomic E-state index is 12.5. The van der Waals surface area contributed by atoms with Crippen molar-refractivity contribution in [3.63, 3.8) is 0 Å². The van der Waals surface area contributed by atoms with Crippen molar-refractivity contribution < 1.29 is 14.6 Å². The molecular formula is C14H20N2O3. The number of carbonyl (C=O) groups is 1. The average molecular weight is 264 g/mol. The van der Waals surface area contributed by atoms with Gasteiger partial charge in [0.1, 0.15) is 11.5 Å². The third kappa shape index (κ3) is 2.98. The highest BCUT2D eigenvalue weighted by molar-refractivity contribution is 5.97. The zero-order valence-corrected chi connectivity index (χ0v) is 11.6. The molecule has 1 aromatic carbocycles. The summed E-state index contributed by atoms with van der Waals surface area (Å²) in [4.78, 5) is 14.2. The molecule has 1 fully saturated rings. The van der Waals surface area contributed by atoms with E-state index in [9.17, 15) is 9.90 Å². The molecule has 0 bridgehead atoms. The maximum Gasteiger partial charge on any atom is 0.257 e. The number of amides is 1. The Labute approximate surface area is 113 Å². The quantitative estimate of drug-likeness (QED) is 0.843. The molecule has 1 heterocycles. The Kier molecular flexibility index (Phi) is 3.66. The number of ether oxygens (including phenoxy) is 1. The number of benzene rings is 1. The Balaban J connectivity index is 2.24. The van der Waals surface area contributed by atoms with Gasteiger partial charge in [0.25, 0.3) is 5.91 Å². The third-order valence-corrected chi connectivity index (χ3v) is 3.29. The molecule has 1 aliphatic heterocycles. The first-order valence-electron chi connectivity index (χ1n) is 6.34. The summed E-state index contributed by atoms with van der Waals surface area (Å²) in [6, 6.07) is 4.69. The van der Waals surface area contributed by atoms with Crippen LogP contribution in [0.15, 0.2) is 18.2 Å². The van der Waals surface area contributed by atoms with Gasteiger partial charge in [0, 0.05) is 25.2 Å². The number of hydrogen-bond donors (Lipinski definition) is 2. The van der Waals surface area contributed by atoms with Crippen LogP contribution in [0.25, 0.3) is 0 Å². The van der Waals surface area contributed by atoms with Gasteiger partial charge in [-0.25, -0.2) is 0 Å². The van der Waals surface area contributed by atoms with Crippen molar-refractivity contribution in [2.45, 2.75) is 19.4 Å². The van der Waals surface area contributed by atoms with Crippen LogP contribution in [0.1, 0.15) is 24.2 Å². The summed E-state index contributed by atoms with van der Waals surface area (Å²) in [6.07, 6.45) is 0. The number of phenolic OH excluding ortho intramolecular Hbond substituents is 1. The molecule has 0 spiro atoms. The molecule has 0 atom stereocenters. The lowest BCUT2D eigenvalue weighted by Gasteiger charge is -2.39. The number of carbonyl (C=O) groups excluding carboxylic acids is 1. The number of nitrogens with zero attached hydrogens (tertiary/aromatic N) is 1. The van der Waals surface area contributed by atoms with Crippen LogP contribution < -0.4 is 10.1 Å². The zero-order chi connectivity index (χ0) is 14.0. The molecule has 2 N–H and O–H groups in total. The van der Waals surface area contributed by atoms with E-state index in [1.54, 1.807) is 17.0 Å². The Morgan fingerprint density at radius 3 is 2.84 bits per heavy atom. The van der Waals surface area contributed by atoms with Crippen LogP contribution in [-0.2, 0) is 0 Å². The number of phenols is 1. The van der Waals surface area contributed by atoms with Crippen molar-refractivity contribution in [2.75, 3.05) is 26.7 Å². The first kappa shape index (κ1) is 13.7. The summed E-state index contributed by atoms with van der Waals surface area (Å²) in [5.41, 5.74) is 0.180. The third-order valence-electron chi connectivity index (χ3n) is 3.29. The molecule has 1 saturated heterocycles. The van der Waals surface area contributed by atoms with E-state index >= 15 is 0 Å². The van der Waals surface area contributed by atoms with Crippen molar-refractivity contribution in [1.82, 2.24) is 10.2 Å². The first-order valence-corrected chi connectivity index (χ1v) is 6.34. The van der Waals surface area contributed by atoms with E-state index in [1.807, 2.05) is 0 Å². The van der Waals surface area contributed by atoms with Gasteiger partial charge >= 0.3 is 0 Å². The van der Waals surface area contributed by atoms with E-state index < -0.39 is 0 Å². The molecule has 19 heavy (non-hydrogen) atoms. The molecule has 5 nitrogen and oxygen atoms in total. The van der Waals surface area contributed by atoms with E-state index in [0.29, 0.717) is 18.8 Å². The van der Waals surface area contributed by atoms with Gasteiger partial charge in [0.15, 0.2) is 0 Å². The average Bonchev–Trinajstić information content (AvgIpc) is 2.37. The molecule has 2 rings (SSSR count). The minimum atomic E-state index is -0.161.